The Morgan fingerprint density at radius 1 is 0.256 bits per heavy atom. The predicted molar refractivity (Wildman–Crippen MR) is 169 cm³/mol. The Bertz CT molecular complexity index is 1280. The first kappa shape index (κ1) is 27.4. The van der Waals surface area contributed by atoms with Crippen LogP contribution in [0, 0.1) is 0 Å². The normalized spacial score (nSPS) is 10.7. The molecule has 0 atom stereocenters. The molecule has 0 fully saturated rings. The van der Waals surface area contributed by atoms with Crippen molar-refractivity contribution >= 4 is 28.5 Å². The van der Waals surface area contributed by atoms with Gasteiger partial charge in [0.15, 0.2) is 0 Å². The summed E-state index contributed by atoms with van der Waals surface area (Å²) >= 11 is 0. The number of hydrogen-bond donors (Lipinski definition) is 2. The van der Waals surface area contributed by atoms with Gasteiger partial charge in [0, 0.05) is 0 Å². The Balaban J connectivity index is 0.000000205. The first-order chi connectivity index (χ1) is 19.2. The van der Waals surface area contributed by atoms with Crippen molar-refractivity contribution in [1.82, 2.24) is 0 Å². The van der Waals surface area contributed by atoms with Crippen LogP contribution in [0.2, 0.25) is 0 Å². The number of benzene rings is 6. The van der Waals surface area contributed by atoms with Crippen molar-refractivity contribution in [1.29, 1.82) is 0 Å². The molecule has 0 aliphatic carbocycles. The van der Waals surface area contributed by atoms with E-state index in [0.717, 1.165) is 0 Å². The number of rotatable bonds is 4. The summed E-state index contributed by atoms with van der Waals surface area (Å²) in [7, 11) is -2.30. The first-order valence-electron chi connectivity index (χ1n) is 12.9. The molecule has 2 N–H and O–H groups in total. The molecule has 0 unspecified atom stereocenters. The monoisotopic (exact) mass is 528 g/mol. The summed E-state index contributed by atoms with van der Waals surface area (Å²) < 4.78 is 0. The third-order valence-electron chi connectivity index (χ3n) is 6.34. The average Bonchev–Trinajstić information content (AvgIpc) is 3.01. The van der Waals surface area contributed by atoms with E-state index in [1.807, 2.05) is 12.1 Å². The van der Waals surface area contributed by atoms with Crippen molar-refractivity contribution < 1.29 is 10.2 Å². The summed E-state index contributed by atoms with van der Waals surface area (Å²) in [6.45, 7) is 0. The Morgan fingerprint density at radius 2 is 0.436 bits per heavy atom. The predicted octanol–water partition coefficient (Wildman–Crippen LogP) is 6.82. The molecule has 0 spiro atoms. The number of aromatic hydroxyl groups is 2. The molecule has 2 nitrogen and oxygen atoms in total. The molecular weight excluding hydrogens is 495 g/mol. The van der Waals surface area contributed by atoms with Gasteiger partial charge in [0.25, 0.3) is 0 Å². The molecule has 0 aromatic heterocycles. The van der Waals surface area contributed by atoms with E-state index in [9.17, 15) is 0 Å². The molecule has 0 aliphatic rings. The minimum atomic E-state index is -2.30. The van der Waals surface area contributed by atoms with Crippen molar-refractivity contribution in [3.63, 3.8) is 0 Å². The molecule has 0 bridgehead atoms. The maximum absolute atomic E-state index is 8.63. The van der Waals surface area contributed by atoms with E-state index >= 15 is 0 Å². The van der Waals surface area contributed by atoms with Gasteiger partial charge in [0.1, 0.15) is 11.5 Å². The van der Waals surface area contributed by atoms with Gasteiger partial charge in [-0.3, -0.25) is 0 Å². The zero-order chi connectivity index (χ0) is 27.2. The Kier molecular flexibility index (Phi) is 10.1. The summed E-state index contributed by atoms with van der Waals surface area (Å²) in [4.78, 5) is 0. The number of hydrogen-bond acceptors (Lipinski definition) is 2. The van der Waals surface area contributed by atoms with E-state index in [-0.39, 0.29) is 0 Å². The van der Waals surface area contributed by atoms with E-state index < -0.39 is 7.26 Å². The van der Waals surface area contributed by atoms with Gasteiger partial charge in [-0.2, -0.15) is 0 Å². The van der Waals surface area contributed by atoms with Crippen LogP contribution in [0.25, 0.3) is 0 Å². The minimum absolute atomic E-state index is 0.322. The quantitative estimate of drug-likeness (QED) is 0.247. The van der Waals surface area contributed by atoms with Crippen LogP contribution in [0.3, 0.4) is 0 Å². The SMILES string of the molecule is Oc1ccccc1.Oc1ccccc1.c1ccc([PH](c2ccccc2)(c2ccccc2)c2ccccc2)cc1. The van der Waals surface area contributed by atoms with Crippen LogP contribution >= 0.6 is 7.26 Å². The fourth-order valence-corrected chi connectivity index (χ4v) is 9.38. The first-order valence-corrected chi connectivity index (χ1v) is 14.9. The van der Waals surface area contributed by atoms with E-state index in [1.54, 1.807) is 48.5 Å². The molecule has 0 saturated heterocycles. The van der Waals surface area contributed by atoms with Crippen molar-refractivity contribution in [3.8, 4) is 11.5 Å². The van der Waals surface area contributed by atoms with Crippen LogP contribution in [0.1, 0.15) is 0 Å². The Labute approximate surface area is 231 Å². The van der Waals surface area contributed by atoms with Gasteiger partial charge in [0.2, 0.25) is 0 Å². The third-order valence-corrected chi connectivity index (χ3v) is 11.1. The van der Waals surface area contributed by atoms with E-state index in [0.29, 0.717) is 11.5 Å². The van der Waals surface area contributed by atoms with Gasteiger partial charge in [0.05, 0.1) is 0 Å². The second-order valence-electron chi connectivity index (χ2n) is 8.89. The number of para-hydroxylation sites is 2. The van der Waals surface area contributed by atoms with Gasteiger partial charge in [-0.25, -0.2) is 0 Å². The molecule has 3 heteroatoms. The Hall–Kier alpha value is -4.65. The summed E-state index contributed by atoms with van der Waals surface area (Å²) in [5, 5.41) is 22.9. The average molecular weight is 529 g/mol. The van der Waals surface area contributed by atoms with Crippen molar-refractivity contribution in [3.05, 3.63) is 182 Å². The second-order valence-corrected chi connectivity index (χ2v) is 12.7. The molecule has 0 heterocycles. The molecule has 6 rings (SSSR count). The topological polar surface area (TPSA) is 40.5 Å². The maximum atomic E-state index is 8.63. The molecule has 194 valence electrons. The van der Waals surface area contributed by atoms with Crippen molar-refractivity contribution in [2.45, 2.75) is 0 Å². The van der Waals surface area contributed by atoms with E-state index in [4.69, 9.17) is 10.2 Å². The number of phenolic OH excluding ortho intramolecular Hbond substituents is 2. The third kappa shape index (κ3) is 7.23. The van der Waals surface area contributed by atoms with Crippen LogP contribution in [0.15, 0.2) is 182 Å². The van der Waals surface area contributed by atoms with E-state index in [1.165, 1.54) is 21.2 Å². The van der Waals surface area contributed by atoms with Crippen LogP contribution in [-0.2, 0) is 0 Å². The molecular formula is C36H33O2P. The Morgan fingerprint density at radius 3 is 0.590 bits per heavy atom. The molecule has 0 aliphatic heterocycles. The fraction of sp³-hybridized carbons (Fsp3) is 0. The van der Waals surface area contributed by atoms with Crippen LogP contribution in [0.4, 0.5) is 0 Å². The molecule has 6 aromatic rings. The molecule has 0 radical (unpaired) electrons. The zero-order valence-electron chi connectivity index (χ0n) is 21.7. The van der Waals surface area contributed by atoms with Crippen molar-refractivity contribution in [2.24, 2.45) is 0 Å². The molecule has 39 heavy (non-hydrogen) atoms. The fourth-order valence-electron chi connectivity index (χ4n) is 4.61. The summed E-state index contributed by atoms with van der Waals surface area (Å²) in [6, 6.07) is 61.4. The van der Waals surface area contributed by atoms with Crippen LogP contribution in [-0.4, -0.2) is 10.2 Å². The van der Waals surface area contributed by atoms with Gasteiger partial charge in [-0.1, -0.05) is 36.4 Å². The van der Waals surface area contributed by atoms with Crippen LogP contribution in [0.5, 0.6) is 11.5 Å². The molecule has 0 amide bonds. The van der Waals surface area contributed by atoms with E-state index in [2.05, 4.69) is 121 Å². The van der Waals surface area contributed by atoms with Gasteiger partial charge in [-0.15, -0.1) is 0 Å². The summed E-state index contributed by atoms with van der Waals surface area (Å²) in [5.74, 6) is 0.644. The summed E-state index contributed by atoms with van der Waals surface area (Å²) in [5.41, 5.74) is 0. The van der Waals surface area contributed by atoms with Gasteiger partial charge in [-0.05, 0) is 24.3 Å². The summed E-state index contributed by atoms with van der Waals surface area (Å²) in [6.07, 6.45) is 0. The number of phenols is 2. The van der Waals surface area contributed by atoms with Gasteiger partial charge >= 0.3 is 150 Å². The second kappa shape index (κ2) is 14.3. The van der Waals surface area contributed by atoms with Crippen molar-refractivity contribution in [2.75, 3.05) is 0 Å². The molecule has 0 saturated carbocycles. The zero-order valence-corrected chi connectivity index (χ0v) is 22.7. The van der Waals surface area contributed by atoms with Gasteiger partial charge < -0.3 is 10.2 Å². The molecule has 6 aromatic carbocycles. The van der Waals surface area contributed by atoms with Crippen LogP contribution < -0.4 is 21.2 Å². The standard InChI is InChI=1S/C24H21P.2C6H6O/c1-5-13-21(14-6-1)25(22-15-7-2-8-16-22,23-17-9-3-10-18-23)24-19-11-4-12-20-24;2*7-6-4-2-1-3-5-6/h1-20,25H;2*1-5,7H.